The summed E-state index contributed by atoms with van der Waals surface area (Å²) in [6.45, 7) is 11.4. The summed E-state index contributed by atoms with van der Waals surface area (Å²) in [6, 6.07) is 0. The largest absolute Gasteiger partial charge is 0.481 e. The Morgan fingerprint density at radius 1 is 1.32 bits per heavy atom. The van der Waals surface area contributed by atoms with Gasteiger partial charge in [0.2, 0.25) is 0 Å². The number of rotatable bonds is 6. The van der Waals surface area contributed by atoms with Crippen molar-refractivity contribution in [3.8, 4) is 0 Å². The molecule has 0 aromatic heterocycles. The van der Waals surface area contributed by atoms with Crippen LogP contribution in [0.15, 0.2) is 72.4 Å². The van der Waals surface area contributed by atoms with Crippen LogP contribution in [0.4, 0.5) is 0 Å². The Balaban J connectivity index is 2.30. The second kappa shape index (κ2) is 6.78. The summed E-state index contributed by atoms with van der Waals surface area (Å²) in [6.07, 6.45) is 14.1. The molecule has 0 aromatic carbocycles. The molecule has 2 aliphatic rings. The number of allylic oxidation sites excluding steroid dienone is 9. The minimum absolute atomic E-state index is 0.565. The van der Waals surface area contributed by atoms with Crippen molar-refractivity contribution >= 4 is 5.97 Å². The average Bonchev–Trinajstić information content (AvgIpc) is 2.89. The highest BCUT2D eigenvalue weighted by Crippen LogP contribution is 2.46. The Kier molecular flexibility index (Phi) is 5.02. The predicted octanol–water partition coefficient (Wildman–Crippen LogP) is 5.13. The third-order valence-electron chi connectivity index (χ3n) is 4.77. The van der Waals surface area contributed by atoms with Gasteiger partial charge in [0, 0.05) is 0 Å². The molecule has 0 aliphatic heterocycles. The van der Waals surface area contributed by atoms with Crippen molar-refractivity contribution in [2.45, 2.75) is 38.5 Å². The molecule has 1 fully saturated rings. The number of aliphatic carboxylic acids is 1. The van der Waals surface area contributed by atoms with E-state index in [1.165, 1.54) is 5.57 Å². The van der Waals surface area contributed by atoms with Gasteiger partial charge in [-0.3, -0.25) is 4.79 Å². The van der Waals surface area contributed by atoms with Crippen LogP contribution in [0.3, 0.4) is 0 Å². The molecule has 0 amide bonds. The summed E-state index contributed by atoms with van der Waals surface area (Å²) >= 11 is 0. The molecular formula is C20H24O2. The van der Waals surface area contributed by atoms with Crippen LogP contribution in [0.5, 0.6) is 0 Å². The zero-order valence-corrected chi connectivity index (χ0v) is 13.1. The van der Waals surface area contributed by atoms with E-state index >= 15 is 0 Å². The van der Waals surface area contributed by atoms with Crippen molar-refractivity contribution in [1.29, 1.82) is 0 Å². The van der Waals surface area contributed by atoms with E-state index < -0.39 is 11.4 Å². The van der Waals surface area contributed by atoms with Crippen LogP contribution in [0.1, 0.15) is 38.5 Å². The summed E-state index contributed by atoms with van der Waals surface area (Å²) in [4.78, 5) is 12.0. The van der Waals surface area contributed by atoms with E-state index in [-0.39, 0.29) is 0 Å². The van der Waals surface area contributed by atoms with Gasteiger partial charge in [-0.1, -0.05) is 55.7 Å². The first-order chi connectivity index (χ1) is 10.6. The molecule has 0 heterocycles. The van der Waals surface area contributed by atoms with E-state index in [0.717, 1.165) is 42.4 Å². The number of carboxylic acid groups (broad SMARTS) is 1. The zero-order chi connectivity index (χ0) is 16.2. The number of hydrogen-bond acceptors (Lipinski definition) is 1. The monoisotopic (exact) mass is 296 g/mol. The van der Waals surface area contributed by atoms with E-state index in [2.05, 4.69) is 25.8 Å². The number of carboxylic acids is 1. The van der Waals surface area contributed by atoms with Gasteiger partial charge in [0.25, 0.3) is 0 Å². The van der Waals surface area contributed by atoms with Crippen LogP contribution in [0, 0.1) is 5.41 Å². The normalized spacial score (nSPS) is 26.7. The minimum Gasteiger partial charge on any atom is -0.481 e. The van der Waals surface area contributed by atoms with E-state index in [0.29, 0.717) is 12.8 Å². The molecule has 22 heavy (non-hydrogen) atoms. The molecule has 2 aliphatic carbocycles. The molecule has 2 nitrogen and oxygen atoms in total. The van der Waals surface area contributed by atoms with Crippen LogP contribution in [-0.2, 0) is 4.79 Å². The van der Waals surface area contributed by atoms with Crippen LogP contribution in [-0.4, -0.2) is 11.1 Å². The van der Waals surface area contributed by atoms with Gasteiger partial charge in [0.05, 0.1) is 5.41 Å². The first-order valence-electron chi connectivity index (χ1n) is 7.77. The third-order valence-corrected chi connectivity index (χ3v) is 4.77. The van der Waals surface area contributed by atoms with Crippen LogP contribution in [0.25, 0.3) is 0 Å². The molecule has 1 N–H and O–H groups in total. The summed E-state index contributed by atoms with van der Waals surface area (Å²) in [5.74, 6) is -0.696. The molecule has 0 bridgehead atoms. The fraction of sp³-hybridized carbons (Fsp3) is 0.350. The smallest absolute Gasteiger partial charge is 0.310 e. The Morgan fingerprint density at radius 3 is 2.68 bits per heavy atom. The maximum atomic E-state index is 12.0. The fourth-order valence-electron chi connectivity index (χ4n) is 3.63. The van der Waals surface area contributed by atoms with Gasteiger partial charge >= 0.3 is 5.97 Å². The molecule has 1 unspecified atom stereocenters. The summed E-state index contributed by atoms with van der Waals surface area (Å²) < 4.78 is 0. The second-order valence-electron chi connectivity index (χ2n) is 6.13. The summed E-state index contributed by atoms with van der Waals surface area (Å²) in [5, 5.41) is 9.87. The van der Waals surface area contributed by atoms with Crippen LogP contribution < -0.4 is 0 Å². The first kappa shape index (κ1) is 16.3. The number of carbonyl (C=O) groups is 1. The number of hydrogen-bond donors (Lipinski definition) is 1. The first-order valence-corrected chi connectivity index (χ1v) is 7.77. The van der Waals surface area contributed by atoms with Crippen LogP contribution in [0.2, 0.25) is 0 Å². The van der Waals surface area contributed by atoms with E-state index in [1.54, 1.807) is 6.08 Å². The molecule has 116 valence electrons. The molecule has 1 atom stereocenters. The van der Waals surface area contributed by atoms with Crippen molar-refractivity contribution in [3.05, 3.63) is 72.4 Å². The molecular weight excluding hydrogens is 272 g/mol. The van der Waals surface area contributed by atoms with Crippen LogP contribution >= 0.6 is 0 Å². The maximum absolute atomic E-state index is 12.0. The molecule has 0 saturated heterocycles. The Labute approximate surface area is 132 Å². The van der Waals surface area contributed by atoms with Crippen molar-refractivity contribution < 1.29 is 9.90 Å². The van der Waals surface area contributed by atoms with Gasteiger partial charge in [0.1, 0.15) is 0 Å². The lowest BCUT2D eigenvalue weighted by molar-refractivity contribution is -0.150. The standard InChI is InChI=1S/C20H24O2/c1-4-8-15-9-7-12-20(13-15,19(21)22)14-17-11-10-16(5-2)18(17)6-3/h4-6,8,11H,1-3,7,9-10,12-14H2,(H,21,22). The maximum Gasteiger partial charge on any atom is 0.310 e. The molecule has 1 saturated carbocycles. The van der Waals surface area contributed by atoms with Gasteiger partial charge in [-0.2, -0.15) is 0 Å². The topological polar surface area (TPSA) is 37.3 Å². The molecule has 2 heteroatoms. The fourth-order valence-corrected chi connectivity index (χ4v) is 3.63. The lowest BCUT2D eigenvalue weighted by atomic mass is 9.68. The van der Waals surface area contributed by atoms with E-state index in [9.17, 15) is 9.90 Å². The van der Waals surface area contributed by atoms with Gasteiger partial charge < -0.3 is 5.11 Å². The van der Waals surface area contributed by atoms with Crippen molar-refractivity contribution in [2.24, 2.45) is 5.41 Å². The van der Waals surface area contributed by atoms with Crippen molar-refractivity contribution in [3.63, 3.8) is 0 Å². The average molecular weight is 296 g/mol. The lowest BCUT2D eigenvalue weighted by Crippen LogP contribution is -2.34. The molecule has 0 spiro atoms. The van der Waals surface area contributed by atoms with Gasteiger partial charge in [-0.25, -0.2) is 0 Å². The Bertz CT molecular complexity index is 601. The Morgan fingerprint density at radius 2 is 2.09 bits per heavy atom. The van der Waals surface area contributed by atoms with Gasteiger partial charge in [-0.15, -0.1) is 0 Å². The van der Waals surface area contributed by atoms with Crippen molar-refractivity contribution in [2.75, 3.05) is 0 Å². The lowest BCUT2D eigenvalue weighted by Gasteiger charge is -2.35. The third kappa shape index (κ3) is 3.06. The quantitative estimate of drug-likeness (QED) is 0.737. The van der Waals surface area contributed by atoms with Gasteiger partial charge in [-0.05, 0) is 55.2 Å². The van der Waals surface area contributed by atoms with Gasteiger partial charge in [0.15, 0.2) is 0 Å². The summed E-state index contributed by atoms with van der Waals surface area (Å²) in [5.41, 5.74) is 3.80. The van der Waals surface area contributed by atoms with Crippen molar-refractivity contribution in [1.82, 2.24) is 0 Å². The molecule has 0 radical (unpaired) electrons. The second-order valence-corrected chi connectivity index (χ2v) is 6.13. The summed E-state index contributed by atoms with van der Waals surface area (Å²) in [7, 11) is 0. The minimum atomic E-state index is -0.705. The highest BCUT2D eigenvalue weighted by molar-refractivity contribution is 5.76. The molecule has 2 rings (SSSR count). The molecule has 0 aromatic rings. The highest BCUT2D eigenvalue weighted by Gasteiger charge is 2.42. The predicted molar refractivity (Wildman–Crippen MR) is 91.6 cm³/mol. The SMILES string of the molecule is C=CC=C1CCCC(CC2=CCC(C=C)=C2C=C)(C(=O)O)C1. The zero-order valence-electron chi connectivity index (χ0n) is 13.1. The van der Waals surface area contributed by atoms with E-state index in [1.807, 2.05) is 18.2 Å². The van der Waals surface area contributed by atoms with E-state index in [4.69, 9.17) is 0 Å². The Hall–Kier alpha value is -2.09. The highest BCUT2D eigenvalue weighted by atomic mass is 16.4.